The zero-order valence-electron chi connectivity index (χ0n) is 13.5. The minimum atomic E-state index is -3.57. The third kappa shape index (κ3) is 3.34. The van der Waals surface area contributed by atoms with Crippen LogP contribution >= 0.6 is 0 Å². The van der Waals surface area contributed by atoms with Crippen molar-refractivity contribution in [2.75, 3.05) is 7.05 Å². The Balaban J connectivity index is 1.83. The first-order valence-corrected chi connectivity index (χ1v) is 9.42. The fourth-order valence-corrected chi connectivity index (χ4v) is 3.84. The monoisotopic (exact) mass is 344 g/mol. The Hall–Kier alpha value is -2.18. The maximum atomic E-state index is 12.6. The lowest BCUT2D eigenvalue weighted by atomic mass is 9.87. The molecule has 2 aromatic carbocycles. The highest BCUT2D eigenvalue weighted by atomic mass is 32.2. The van der Waals surface area contributed by atoms with E-state index in [2.05, 4.69) is 16.1 Å². The van der Waals surface area contributed by atoms with E-state index in [9.17, 15) is 13.2 Å². The van der Waals surface area contributed by atoms with Gasteiger partial charge in [-0.3, -0.25) is 4.79 Å². The van der Waals surface area contributed by atoms with E-state index < -0.39 is 10.0 Å². The van der Waals surface area contributed by atoms with Crippen LogP contribution in [0.5, 0.6) is 0 Å². The summed E-state index contributed by atoms with van der Waals surface area (Å²) in [6.07, 6.45) is 2.94. The number of rotatable bonds is 4. The highest BCUT2D eigenvalue weighted by Gasteiger charge is 2.22. The van der Waals surface area contributed by atoms with Crippen molar-refractivity contribution >= 4 is 15.9 Å². The van der Waals surface area contributed by atoms with Crippen LogP contribution in [0.3, 0.4) is 0 Å². The van der Waals surface area contributed by atoms with E-state index in [1.807, 2.05) is 18.2 Å². The summed E-state index contributed by atoms with van der Waals surface area (Å²) >= 11 is 0. The molecule has 0 aromatic heterocycles. The maximum Gasteiger partial charge on any atom is 0.251 e. The topological polar surface area (TPSA) is 75.3 Å². The van der Waals surface area contributed by atoms with E-state index in [-0.39, 0.29) is 16.8 Å². The number of benzene rings is 2. The average Bonchev–Trinajstić information content (AvgIpc) is 2.62. The first-order chi connectivity index (χ1) is 11.5. The fourth-order valence-electron chi connectivity index (χ4n) is 3.07. The van der Waals surface area contributed by atoms with E-state index >= 15 is 0 Å². The summed E-state index contributed by atoms with van der Waals surface area (Å²) < 4.78 is 26.0. The van der Waals surface area contributed by atoms with Crippen molar-refractivity contribution in [3.63, 3.8) is 0 Å². The summed E-state index contributed by atoms with van der Waals surface area (Å²) in [6.45, 7) is 0. The SMILES string of the molecule is CNS(=O)(=O)c1cccc(C(=O)N[C@@H]2CCCc3ccccc32)c1. The van der Waals surface area contributed by atoms with Gasteiger partial charge in [-0.1, -0.05) is 30.3 Å². The van der Waals surface area contributed by atoms with Crippen LogP contribution in [0.25, 0.3) is 0 Å². The van der Waals surface area contributed by atoms with Gasteiger partial charge in [0, 0.05) is 5.56 Å². The molecule has 0 radical (unpaired) electrons. The Bertz CT molecular complexity index is 862. The predicted molar refractivity (Wildman–Crippen MR) is 92.3 cm³/mol. The van der Waals surface area contributed by atoms with Crippen LogP contribution in [0, 0.1) is 0 Å². The number of amides is 1. The van der Waals surface area contributed by atoms with Crippen LogP contribution in [0.1, 0.15) is 40.4 Å². The van der Waals surface area contributed by atoms with Gasteiger partial charge in [0.05, 0.1) is 10.9 Å². The molecule has 1 amide bonds. The van der Waals surface area contributed by atoms with Crippen molar-refractivity contribution in [2.24, 2.45) is 0 Å². The second-order valence-corrected chi connectivity index (χ2v) is 7.74. The van der Waals surface area contributed by atoms with E-state index in [4.69, 9.17) is 0 Å². The second kappa shape index (κ2) is 6.75. The predicted octanol–water partition coefficient (Wildman–Crippen LogP) is 2.40. The molecule has 0 unspecified atom stereocenters. The first-order valence-electron chi connectivity index (χ1n) is 7.93. The van der Waals surface area contributed by atoms with Gasteiger partial charge in [-0.15, -0.1) is 0 Å². The van der Waals surface area contributed by atoms with Crippen LogP contribution in [0.15, 0.2) is 53.4 Å². The van der Waals surface area contributed by atoms with Gasteiger partial charge in [0.15, 0.2) is 0 Å². The van der Waals surface area contributed by atoms with Gasteiger partial charge in [-0.2, -0.15) is 0 Å². The van der Waals surface area contributed by atoms with Crippen LogP contribution in [-0.4, -0.2) is 21.4 Å². The van der Waals surface area contributed by atoms with Crippen LogP contribution in [0.2, 0.25) is 0 Å². The number of aryl methyl sites for hydroxylation is 1. The molecule has 0 saturated carbocycles. The molecule has 0 spiro atoms. The van der Waals surface area contributed by atoms with Crippen molar-refractivity contribution in [1.82, 2.24) is 10.0 Å². The Morgan fingerprint density at radius 2 is 1.92 bits per heavy atom. The minimum Gasteiger partial charge on any atom is -0.345 e. The largest absolute Gasteiger partial charge is 0.345 e. The molecule has 3 rings (SSSR count). The first kappa shape index (κ1) is 16.7. The molecule has 2 N–H and O–H groups in total. The van der Waals surface area contributed by atoms with Gasteiger partial charge < -0.3 is 5.32 Å². The molecule has 0 fully saturated rings. The molecular weight excluding hydrogens is 324 g/mol. The molecular formula is C18H20N2O3S. The van der Waals surface area contributed by atoms with E-state index in [1.165, 1.54) is 24.7 Å². The van der Waals surface area contributed by atoms with Gasteiger partial charge in [-0.05, 0) is 55.6 Å². The number of hydrogen-bond acceptors (Lipinski definition) is 3. The summed E-state index contributed by atoms with van der Waals surface area (Å²) in [5.41, 5.74) is 2.76. The summed E-state index contributed by atoms with van der Waals surface area (Å²) in [5.74, 6) is -0.259. The molecule has 1 atom stereocenters. The van der Waals surface area contributed by atoms with Crippen molar-refractivity contribution in [1.29, 1.82) is 0 Å². The van der Waals surface area contributed by atoms with Crippen LogP contribution in [0.4, 0.5) is 0 Å². The molecule has 2 aromatic rings. The molecule has 0 aliphatic heterocycles. The Morgan fingerprint density at radius 1 is 1.12 bits per heavy atom. The Labute approximate surface area is 142 Å². The quantitative estimate of drug-likeness (QED) is 0.894. The van der Waals surface area contributed by atoms with Gasteiger partial charge in [0.25, 0.3) is 5.91 Å². The molecule has 6 heteroatoms. The number of carbonyl (C=O) groups excluding carboxylic acids is 1. The Morgan fingerprint density at radius 3 is 2.71 bits per heavy atom. The van der Waals surface area contributed by atoms with Crippen LogP contribution in [-0.2, 0) is 16.4 Å². The molecule has 1 aliphatic rings. The smallest absolute Gasteiger partial charge is 0.251 e. The van der Waals surface area contributed by atoms with Gasteiger partial charge in [0.2, 0.25) is 10.0 Å². The fraction of sp³-hybridized carbons (Fsp3) is 0.278. The van der Waals surface area contributed by atoms with Gasteiger partial charge in [-0.25, -0.2) is 13.1 Å². The summed E-state index contributed by atoms with van der Waals surface area (Å²) in [7, 11) is -2.22. The number of hydrogen-bond donors (Lipinski definition) is 2. The maximum absolute atomic E-state index is 12.6. The van der Waals surface area contributed by atoms with Crippen molar-refractivity contribution in [3.05, 3.63) is 65.2 Å². The number of fused-ring (bicyclic) bond motifs is 1. The lowest BCUT2D eigenvalue weighted by Crippen LogP contribution is -2.31. The van der Waals surface area contributed by atoms with E-state index in [1.54, 1.807) is 12.1 Å². The highest BCUT2D eigenvalue weighted by molar-refractivity contribution is 7.89. The standard InChI is InChI=1S/C18H20N2O3S/c1-19-24(22,23)15-9-4-8-14(12-15)18(21)20-17-11-5-7-13-6-2-3-10-16(13)17/h2-4,6,8-10,12,17,19H,5,7,11H2,1H3,(H,20,21)/t17-/m1/s1. The average molecular weight is 344 g/mol. The van der Waals surface area contributed by atoms with E-state index in [0.717, 1.165) is 24.8 Å². The van der Waals surface area contributed by atoms with Crippen LogP contribution < -0.4 is 10.0 Å². The molecule has 0 bridgehead atoms. The molecule has 0 saturated heterocycles. The number of carbonyl (C=O) groups is 1. The minimum absolute atomic E-state index is 0.0352. The van der Waals surface area contributed by atoms with Crippen molar-refractivity contribution < 1.29 is 13.2 Å². The molecule has 5 nitrogen and oxygen atoms in total. The third-order valence-corrected chi connectivity index (χ3v) is 5.76. The molecule has 0 heterocycles. The molecule has 24 heavy (non-hydrogen) atoms. The van der Waals surface area contributed by atoms with Crippen molar-refractivity contribution in [3.8, 4) is 0 Å². The summed E-state index contributed by atoms with van der Waals surface area (Å²) in [6, 6.07) is 14.2. The van der Waals surface area contributed by atoms with Crippen molar-refractivity contribution in [2.45, 2.75) is 30.2 Å². The molecule has 126 valence electrons. The zero-order chi connectivity index (χ0) is 17.2. The normalized spacial score (nSPS) is 17.1. The molecule has 1 aliphatic carbocycles. The summed E-state index contributed by atoms with van der Waals surface area (Å²) in [4.78, 5) is 12.6. The van der Waals surface area contributed by atoms with E-state index in [0.29, 0.717) is 5.56 Å². The highest BCUT2D eigenvalue weighted by Crippen LogP contribution is 2.29. The van der Waals surface area contributed by atoms with Gasteiger partial charge >= 0.3 is 0 Å². The lowest BCUT2D eigenvalue weighted by Gasteiger charge is -2.26. The Kier molecular flexibility index (Phi) is 4.69. The second-order valence-electron chi connectivity index (χ2n) is 5.85. The van der Waals surface area contributed by atoms with Gasteiger partial charge in [0.1, 0.15) is 0 Å². The summed E-state index contributed by atoms with van der Waals surface area (Å²) in [5, 5.41) is 3.03. The third-order valence-electron chi connectivity index (χ3n) is 4.35. The number of sulfonamides is 1. The number of nitrogens with one attached hydrogen (secondary N) is 2. The lowest BCUT2D eigenvalue weighted by molar-refractivity contribution is 0.0932. The zero-order valence-corrected chi connectivity index (χ0v) is 14.3.